The summed E-state index contributed by atoms with van der Waals surface area (Å²) in [6.07, 6.45) is 8.06. The van der Waals surface area contributed by atoms with Crippen molar-refractivity contribution < 1.29 is 9.47 Å². The van der Waals surface area contributed by atoms with Crippen LogP contribution in [0.4, 0.5) is 0 Å². The Kier molecular flexibility index (Phi) is 5.65. The van der Waals surface area contributed by atoms with Gasteiger partial charge in [0.1, 0.15) is 23.0 Å². The smallest absolute Gasteiger partial charge is 0.260 e. The zero-order chi connectivity index (χ0) is 28.2. The van der Waals surface area contributed by atoms with E-state index in [0.717, 1.165) is 67.0 Å². The van der Waals surface area contributed by atoms with Crippen LogP contribution >= 0.6 is 0 Å². The van der Waals surface area contributed by atoms with Crippen molar-refractivity contribution in [3.8, 4) is 34.1 Å². The molecule has 0 N–H and O–H groups in total. The Morgan fingerprint density at radius 1 is 0.690 bits per heavy atom. The second-order valence-electron chi connectivity index (χ2n) is 10.8. The lowest BCUT2D eigenvalue weighted by Gasteiger charge is -2.35. The van der Waals surface area contributed by atoms with E-state index < -0.39 is 0 Å². The average Bonchev–Trinajstić information content (AvgIpc) is 3.04. The maximum Gasteiger partial charge on any atom is 0.260 e. The van der Waals surface area contributed by atoms with E-state index >= 15 is 0 Å². The predicted molar refractivity (Wildman–Crippen MR) is 178 cm³/mol. The van der Waals surface area contributed by atoms with Crippen LogP contribution in [0, 0.1) is 0 Å². The molecule has 0 aromatic heterocycles. The summed E-state index contributed by atoms with van der Waals surface area (Å²) in [5.41, 5.74) is 7.84. The number of ether oxygens (including phenoxy) is 2. The second-order valence-corrected chi connectivity index (χ2v) is 10.8. The van der Waals surface area contributed by atoms with E-state index in [-0.39, 0.29) is 6.71 Å². The highest BCUT2D eigenvalue weighted by Gasteiger charge is 2.42. The van der Waals surface area contributed by atoms with Crippen molar-refractivity contribution in [3.63, 3.8) is 0 Å². The first kappa shape index (κ1) is 24.5. The molecule has 0 radical (unpaired) electrons. The van der Waals surface area contributed by atoms with E-state index in [0.29, 0.717) is 0 Å². The Labute approximate surface area is 245 Å². The van der Waals surface area contributed by atoms with E-state index in [1.807, 2.05) is 18.2 Å². The highest BCUT2D eigenvalue weighted by molar-refractivity contribution is 6.98. The van der Waals surface area contributed by atoms with E-state index in [4.69, 9.17) is 9.47 Å². The van der Waals surface area contributed by atoms with Crippen molar-refractivity contribution in [2.45, 2.75) is 6.92 Å². The molecule has 42 heavy (non-hydrogen) atoms. The van der Waals surface area contributed by atoms with Crippen LogP contribution in [0.15, 0.2) is 140 Å². The summed E-state index contributed by atoms with van der Waals surface area (Å²) >= 11 is 0. The van der Waals surface area contributed by atoms with Crippen LogP contribution in [0.1, 0.15) is 12.5 Å². The summed E-state index contributed by atoms with van der Waals surface area (Å²) in [4.78, 5) is 0. The lowest BCUT2D eigenvalue weighted by molar-refractivity contribution is 0.465. The molecule has 0 saturated heterocycles. The average molecular weight is 538 g/mol. The maximum atomic E-state index is 6.86. The van der Waals surface area contributed by atoms with Gasteiger partial charge in [-0.15, -0.1) is 0 Å². The topological polar surface area (TPSA) is 18.5 Å². The zero-order valence-electron chi connectivity index (χ0n) is 23.3. The molecule has 3 heteroatoms. The molecule has 0 saturated carbocycles. The third-order valence-electron chi connectivity index (χ3n) is 8.50. The Balaban J connectivity index is 1.50. The molecular weight excluding hydrogens is 511 g/mol. The third-order valence-corrected chi connectivity index (χ3v) is 8.50. The first-order valence-electron chi connectivity index (χ1n) is 14.4. The standard InChI is InChI=1S/C39H27BO2/c1-3-5-14-25(4-2)35-29-19-11-9-17-27(29)23-31-38(35)41-33-21-13-22-34-37(33)40(31)32-24-28-18-10-12-20-30(28)36(39(32)42-34)26-15-7-6-8-16-26/h3-24H,1H2,2H3/b14-5-,25-4+. The molecule has 6 aromatic carbocycles. The summed E-state index contributed by atoms with van der Waals surface area (Å²) in [5.74, 6) is 3.49. The minimum atomic E-state index is -0.0550. The zero-order valence-corrected chi connectivity index (χ0v) is 23.3. The van der Waals surface area contributed by atoms with E-state index in [2.05, 4.69) is 129 Å². The summed E-state index contributed by atoms with van der Waals surface area (Å²) < 4.78 is 13.7. The van der Waals surface area contributed by atoms with Gasteiger partial charge in [-0.2, -0.15) is 0 Å². The third kappa shape index (κ3) is 3.60. The lowest BCUT2D eigenvalue weighted by atomic mass is 9.34. The minimum absolute atomic E-state index is 0.0550. The number of fused-ring (bicyclic) bond motifs is 6. The van der Waals surface area contributed by atoms with Gasteiger partial charge in [-0.25, -0.2) is 0 Å². The molecule has 0 atom stereocenters. The highest BCUT2D eigenvalue weighted by atomic mass is 16.5. The maximum absolute atomic E-state index is 6.86. The molecule has 0 spiro atoms. The summed E-state index contributed by atoms with van der Waals surface area (Å²) in [5, 5.41) is 4.71. The molecule has 6 aromatic rings. The summed E-state index contributed by atoms with van der Waals surface area (Å²) in [6, 6.07) is 38.6. The van der Waals surface area contributed by atoms with Crippen molar-refractivity contribution in [2.75, 3.05) is 0 Å². The molecule has 0 bridgehead atoms. The Bertz CT molecular complexity index is 2120. The van der Waals surface area contributed by atoms with Gasteiger partial charge in [0.25, 0.3) is 6.71 Å². The molecule has 198 valence electrons. The largest absolute Gasteiger partial charge is 0.458 e. The van der Waals surface area contributed by atoms with Crippen LogP contribution < -0.4 is 25.9 Å². The van der Waals surface area contributed by atoms with Crippen LogP contribution in [0.2, 0.25) is 0 Å². The van der Waals surface area contributed by atoms with Gasteiger partial charge < -0.3 is 9.47 Å². The van der Waals surface area contributed by atoms with Gasteiger partial charge >= 0.3 is 0 Å². The van der Waals surface area contributed by atoms with Crippen LogP contribution in [0.25, 0.3) is 38.2 Å². The van der Waals surface area contributed by atoms with Gasteiger partial charge in [0.15, 0.2) is 0 Å². The molecule has 8 rings (SSSR count). The number of hydrogen-bond acceptors (Lipinski definition) is 2. The van der Waals surface area contributed by atoms with E-state index in [9.17, 15) is 0 Å². The number of benzene rings is 6. The molecule has 0 amide bonds. The fourth-order valence-electron chi connectivity index (χ4n) is 6.71. The Morgan fingerprint density at radius 3 is 2.02 bits per heavy atom. The van der Waals surface area contributed by atoms with E-state index in [1.54, 1.807) is 0 Å². The predicted octanol–water partition coefficient (Wildman–Crippen LogP) is 8.53. The molecule has 0 fully saturated rings. The molecule has 2 nitrogen and oxygen atoms in total. The minimum Gasteiger partial charge on any atom is -0.458 e. The fraction of sp³-hybridized carbons (Fsp3) is 0.0256. The van der Waals surface area contributed by atoms with Crippen molar-refractivity contribution in [2.24, 2.45) is 0 Å². The molecule has 2 aliphatic heterocycles. The number of rotatable bonds is 4. The van der Waals surface area contributed by atoms with Crippen LogP contribution in [0.3, 0.4) is 0 Å². The van der Waals surface area contributed by atoms with Crippen LogP contribution in [-0.4, -0.2) is 6.71 Å². The van der Waals surface area contributed by atoms with Crippen LogP contribution in [0.5, 0.6) is 23.0 Å². The number of allylic oxidation sites excluding steroid dienone is 5. The molecular formula is C39H27BO2. The quantitative estimate of drug-likeness (QED) is 0.165. The van der Waals surface area contributed by atoms with Crippen molar-refractivity contribution in [3.05, 3.63) is 146 Å². The SMILES string of the molecule is C=C/C=C\C(=C/C)c1c2c(cc3ccccc13)B1c3cc4ccccc4c(-c4ccccc4)c3Oc3cccc(c31)O2. The van der Waals surface area contributed by atoms with Gasteiger partial charge in [-0.3, -0.25) is 0 Å². The molecule has 0 aliphatic carbocycles. The van der Waals surface area contributed by atoms with Crippen molar-refractivity contribution in [1.82, 2.24) is 0 Å². The van der Waals surface area contributed by atoms with Crippen molar-refractivity contribution in [1.29, 1.82) is 0 Å². The van der Waals surface area contributed by atoms with Gasteiger partial charge in [-0.05, 0) is 62.7 Å². The number of hydrogen-bond donors (Lipinski definition) is 0. The second kappa shape index (κ2) is 9.68. The molecule has 2 heterocycles. The molecule has 0 unspecified atom stereocenters. The van der Waals surface area contributed by atoms with Gasteiger partial charge in [0.2, 0.25) is 0 Å². The summed E-state index contributed by atoms with van der Waals surface area (Å²) in [6.45, 7) is 5.93. The van der Waals surface area contributed by atoms with Crippen molar-refractivity contribution >= 4 is 50.2 Å². The summed E-state index contributed by atoms with van der Waals surface area (Å²) in [7, 11) is 0. The molecule has 2 aliphatic rings. The normalized spacial score (nSPS) is 13.4. The first-order valence-corrected chi connectivity index (χ1v) is 14.4. The van der Waals surface area contributed by atoms with Gasteiger partial charge in [0, 0.05) is 16.6 Å². The van der Waals surface area contributed by atoms with Gasteiger partial charge in [0.05, 0.1) is 0 Å². The van der Waals surface area contributed by atoms with E-state index in [1.165, 1.54) is 16.2 Å². The first-order chi connectivity index (χ1) is 20.8. The Morgan fingerprint density at radius 2 is 1.31 bits per heavy atom. The van der Waals surface area contributed by atoms with Crippen LogP contribution in [-0.2, 0) is 0 Å². The highest BCUT2D eigenvalue weighted by Crippen LogP contribution is 2.44. The fourth-order valence-corrected chi connectivity index (χ4v) is 6.71. The Hall–Kier alpha value is -5.28. The van der Waals surface area contributed by atoms with Gasteiger partial charge in [-0.1, -0.05) is 128 Å². The monoisotopic (exact) mass is 538 g/mol. The lowest BCUT2D eigenvalue weighted by Crippen LogP contribution is -2.57.